The maximum Gasteiger partial charge on any atom is 0.343 e. The lowest BCUT2D eigenvalue weighted by molar-refractivity contribution is -0.123. The van der Waals surface area contributed by atoms with E-state index in [9.17, 15) is 9.59 Å². The van der Waals surface area contributed by atoms with E-state index in [-0.39, 0.29) is 12.4 Å². The number of hydrazone groups is 1. The zero-order valence-corrected chi connectivity index (χ0v) is 23.4. The third-order valence-electron chi connectivity index (χ3n) is 5.72. The van der Waals surface area contributed by atoms with Crippen molar-refractivity contribution in [3.05, 3.63) is 114 Å². The fraction of sp³-hybridized carbons (Fsp3) is 0.182. The molecule has 0 aliphatic rings. The number of esters is 1. The number of rotatable bonds is 14. The number of ether oxygens (including phenoxy) is 5. The molecule has 0 spiro atoms. The van der Waals surface area contributed by atoms with Gasteiger partial charge in [0.15, 0.2) is 18.1 Å². The second-order valence-electron chi connectivity index (χ2n) is 8.81. The Balaban J connectivity index is 1.25. The summed E-state index contributed by atoms with van der Waals surface area (Å²) in [6.45, 7) is 4.86. The molecular formula is C33H32N2O7. The first kappa shape index (κ1) is 29.7. The van der Waals surface area contributed by atoms with Crippen molar-refractivity contribution in [1.82, 2.24) is 5.43 Å². The molecule has 0 radical (unpaired) electrons. The van der Waals surface area contributed by atoms with Crippen LogP contribution < -0.4 is 29.1 Å². The van der Waals surface area contributed by atoms with Crippen molar-refractivity contribution in [2.24, 2.45) is 5.10 Å². The van der Waals surface area contributed by atoms with Gasteiger partial charge in [-0.2, -0.15) is 5.10 Å². The molecular weight excluding hydrogens is 536 g/mol. The summed E-state index contributed by atoms with van der Waals surface area (Å²) in [5, 5.41) is 3.98. The van der Waals surface area contributed by atoms with Crippen LogP contribution in [0.4, 0.5) is 0 Å². The minimum atomic E-state index is -0.526. The Morgan fingerprint density at radius 1 is 0.714 bits per heavy atom. The highest BCUT2D eigenvalue weighted by molar-refractivity contribution is 5.92. The smallest absolute Gasteiger partial charge is 0.343 e. The third kappa shape index (κ3) is 9.12. The highest BCUT2D eigenvalue weighted by atomic mass is 16.6. The molecule has 42 heavy (non-hydrogen) atoms. The van der Waals surface area contributed by atoms with E-state index in [4.69, 9.17) is 23.7 Å². The third-order valence-corrected chi connectivity index (χ3v) is 5.72. The number of carbonyl (C=O) groups excluding carboxylic acids is 2. The first-order chi connectivity index (χ1) is 20.5. The van der Waals surface area contributed by atoms with Gasteiger partial charge < -0.3 is 23.7 Å². The molecule has 0 unspecified atom stereocenters. The summed E-state index contributed by atoms with van der Waals surface area (Å²) in [6.07, 6.45) is 1.46. The van der Waals surface area contributed by atoms with Gasteiger partial charge in [0.1, 0.15) is 23.9 Å². The van der Waals surface area contributed by atoms with Crippen molar-refractivity contribution in [1.29, 1.82) is 0 Å². The molecule has 0 fully saturated rings. The van der Waals surface area contributed by atoms with E-state index in [1.54, 1.807) is 66.7 Å². The number of benzene rings is 4. The second-order valence-corrected chi connectivity index (χ2v) is 8.81. The Kier molecular flexibility index (Phi) is 10.9. The zero-order chi connectivity index (χ0) is 29.6. The average molecular weight is 569 g/mol. The topological polar surface area (TPSA) is 105 Å². The molecule has 0 aliphatic heterocycles. The summed E-state index contributed by atoms with van der Waals surface area (Å²) in [7, 11) is 0. The molecule has 4 aromatic rings. The van der Waals surface area contributed by atoms with Gasteiger partial charge in [-0.05, 0) is 91.7 Å². The van der Waals surface area contributed by atoms with Gasteiger partial charge in [0.2, 0.25) is 0 Å². The Morgan fingerprint density at radius 2 is 1.36 bits per heavy atom. The van der Waals surface area contributed by atoms with Gasteiger partial charge in [-0.1, -0.05) is 30.3 Å². The van der Waals surface area contributed by atoms with Crippen LogP contribution in [-0.2, 0) is 11.4 Å². The summed E-state index contributed by atoms with van der Waals surface area (Å²) in [5.41, 5.74) is 4.51. The second kappa shape index (κ2) is 15.5. The van der Waals surface area contributed by atoms with E-state index in [0.717, 1.165) is 5.56 Å². The van der Waals surface area contributed by atoms with Crippen molar-refractivity contribution in [2.45, 2.75) is 20.5 Å². The fourth-order valence-corrected chi connectivity index (χ4v) is 3.70. The van der Waals surface area contributed by atoms with Gasteiger partial charge in [0, 0.05) is 0 Å². The standard InChI is InChI=1S/C33H32N2O7/c1-3-38-27-13-11-26(12-14-27)33(37)42-30-19-10-25(20-31(30)39-4-2)21-34-35-32(36)23-41-29-17-15-28(16-18-29)40-22-24-8-6-5-7-9-24/h5-21H,3-4,22-23H2,1-2H3,(H,35,36)/b34-21-. The van der Waals surface area contributed by atoms with Gasteiger partial charge in [-0.15, -0.1) is 0 Å². The zero-order valence-electron chi connectivity index (χ0n) is 23.4. The molecule has 0 aliphatic carbocycles. The van der Waals surface area contributed by atoms with Gasteiger partial charge >= 0.3 is 5.97 Å². The van der Waals surface area contributed by atoms with E-state index < -0.39 is 11.9 Å². The number of nitrogens with zero attached hydrogens (tertiary/aromatic N) is 1. The molecule has 4 rings (SSSR count). The Labute approximate surface area is 244 Å². The quantitative estimate of drug-likeness (QED) is 0.0886. The van der Waals surface area contributed by atoms with E-state index in [0.29, 0.717) is 53.9 Å². The first-order valence-electron chi connectivity index (χ1n) is 13.5. The molecule has 0 atom stereocenters. The summed E-state index contributed by atoms with van der Waals surface area (Å²) in [6, 6.07) is 28.6. The van der Waals surface area contributed by atoms with Crippen molar-refractivity contribution in [2.75, 3.05) is 19.8 Å². The molecule has 0 aromatic heterocycles. The van der Waals surface area contributed by atoms with Crippen LogP contribution in [0.25, 0.3) is 0 Å². The van der Waals surface area contributed by atoms with E-state index in [1.807, 2.05) is 44.2 Å². The first-order valence-corrected chi connectivity index (χ1v) is 13.5. The number of carbonyl (C=O) groups is 2. The van der Waals surface area contributed by atoms with Gasteiger partial charge in [0.25, 0.3) is 5.91 Å². The SMILES string of the molecule is CCOc1ccc(C(=O)Oc2ccc(/C=N\NC(=O)COc3ccc(OCc4ccccc4)cc3)cc2OCC)cc1. The molecule has 216 valence electrons. The maximum absolute atomic E-state index is 12.6. The van der Waals surface area contributed by atoms with Gasteiger partial charge in [-0.25, -0.2) is 10.2 Å². The molecule has 9 nitrogen and oxygen atoms in total. The minimum Gasteiger partial charge on any atom is -0.494 e. The Hall–Kier alpha value is -5.31. The molecule has 9 heteroatoms. The van der Waals surface area contributed by atoms with Crippen LogP contribution >= 0.6 is 0 Å². The highest BCUT2D eigenvalue weighted by Gasteiger charge is 2.13. The van der Waals surface area contributed by atoms with Crippen molar-refractivity contribution < 1.29 is 33.3 Å². The molecule has 4 aromatic carbocycles. The average Bonchev–Trinajstić information content (AvgIpc) is 3.02. The number of nitrogens with one attached hydrogen (secondary N) is 1. The fourth-order valence-electron chi connectivity index (χ4n) is 3.70. The van der Waals surface area contributed by atoms with E-state index in [2.05, 4.69) is 10.5 Å². The lowest BCUT2D eigenvalue weighted by Gasteiger charge is -2.11. The van der Waals surface area contributed by atoms with Crippen LogP contribution in [-0.4, -0.2) is 37.9 Å². The van der Waals surface area contributed by atoms with Crippen molar-refractivity contribution in [3.63, 3.8) is 0 Å². The van der Waals surface area contributed by atoms with Crippen LogP contribution in [0.15, 0.2) is 102 Å². The molecule has 1 amide bonds. The van der Waals surface area contributed by atoms with Gasteiger partial charge in [0.05, 0.1) is 25.0 Å². The van der Waals surface area contributed by atoms with Crippen LogP contribution in [0.5, 0.6) is 28.7 Å². The normalized spacial score (nSPS) is 10.6. The van der Waals surface area contributed by atoms with Crippen molar-refractivity contribution in [3.8, 4) is 28.7 Å². The minimum absolute atomic E-state index is 0.216. The lowest BCUT2D eigenvalue weighted by Crippen LogP contribution is -2.24. The Bertz CT molecular complexity index is 1470. The summed E-state index contributed by atoms with van der Waals surface area (Å²) in [5.74, 6) is 1.57. The van der Waals surface area contributed by atoms with Crippen LogP contribution in [0.3, 0.4) is 0 Å². The molecule has 0 heterocycles. The van der Waals surface area contributed by atoms with E-state index >= 15 is 0 Å². The highest BCUT2D eigenvalue weighted by Crippen LogP contribution is 2.29. The Morgan fingerprint density at radius 3 is 2.05 bits per heavy atom. The molecule has 0 saturated carbocycles. The van der Waals surface area contributed by atoms with Gasteiger partial charge in [-0.3, -0.25) is 4.79 Å². The predicted molar refractivity (Wildman–Crippen MR) is 159 cm³/mol. The van der Waals surface area contributed by atoms with E-state index in [1.165, 1.54) is 6.21 Å². The largest absolute Gasteiger partial charge is 0.494 e. The number of amides is 1. The molecule has 0 saturated heterocycles. The summed E-state index contributed by atoms with van der Waals surface area (Å²) >= 11 is 0. The lowest BCUT2D eigenvalue weighted by atomic mass is 10.2. The number of hydrogen-bond acceptors (Lipinski definition) is 8. The monoisotopic (exact) mass is 568 g/mol. The predicted octanol–water partition coefficient (Wildman–Crippen LogP) is 5.81. The number of hydrogen-bond donors (Lipinski definition) is 1. The molecule has 1 N–H and O–H groups in total. The summed E-state index contributed by atoms with van der Waals surface area (Å²) < 4.78 is 27.9. The van der Waals surface area contributed by atoms with Crippen LogP contribution in [0.1, 0.15) is 35.3 Å². The van der Waals surface area contributed by atoms with Crippen molar-refractivity contribution >= 4 is 18.1 Å². The molecule has 0 bridgehead atoms. The maximum atomic E-state index is 12.6. The van der Waals surface area contributed by atoms with Crippen LogP contribution in [0.2, 0.25) is 0 Å². The van der Waals surface area contributed by atoms with Crippen LogP contribution in [0, 0.1) is 0 Å². The summed E-state index contributed by atoms with van der Waals surface area (Å²) in [4.78, 5) is 24.8.